The average molecular weight is 283 g/mol. The van der Waals surface area contributed by atoms with E-state index in [1.807, 2.05) is 45.2 Å². The lowest BCUT2D eigenvalue weighted by atomic mass is 10.3. The predicted molar refractivity (Wildman–Crippen MR) is 77.2 cm³/mol. The smallest absolute Gasteiger partial charge is 0.361 e. The molecule has 0 aliphatic carbocycles. The summed E-state index contributed by atoms with van der Waals surface area (Å²) in [5.41, 5.74) is 1.74. The highest BCUT2D eigenvalue weighted by Gasteiger charge is 2.30. The molecule has 0 bridgehead atoms. The number of ether oxygens (including phenoxy) is 1. The molecule has 0 fully saturated rings. The first-order valence-electron chi connectivity index (χ1n) is 6.01. The Kier molecular flexibility index (Phi) is 5.85. The van der Waals surface area contributed by atoms with Crippen LogP contribution in [-0.4, -0.2) is 32.9 Å². The molecule has 104 valence electrons. The summed E-state index contributed by atoms with van der Waals surface area (Å²) in [6.45, 7) is 4.00. The number of imidazole rings is 1. The SMILES string of the molecule is CC.COC(=O)C[S+](O)c1nc2ccccc2n1C. The van der Waals surface area contributed by atoms with Gasteiger partial charge in [0.2, 0.25) is 16.9 Å². The van der Waals surface area contributed by atoms with Gasteiger partial charge in [0.1, 0.15) is 0 Å². The number of benzene rings is 1. The highest BCUT2D eigenvalue weighted by atomic mass is 32.2. The fourth-order valence-electron chi connectivity index (χ4n) is 1.57. The van der Waals surface area contributed by atoms with Gasteiger partial charge >= 0.3 is 11.1 Å². The van der Waals surface area contributed by atoms with E-state index in [-0.39, 0.29) is 5.75 Å². The van der Waals surface area contributed by atoms with Crippen LogP contribution in [0, 0.1) is 0 Å². The van der Waals surface area contributed by atoms with Crippen molar-refractivity contribution in [3.05, 3.63) is 24.3 Å². The molecule has 1 heterocycles. The fraction of sp³-hybridized carbons (Fsp3) is 0.385. The molecule has 0 amide bonds. The Hall–Kier alpha value is -1.53. The third-order valence-electron chi connectivity index (χ3n) is 2.44. The molecule has 2 aromatic rings. The molecule has 0 aliphatic rings. The highest BCUT2D eigenvalue weighted by molar-refractivity contribution is 7.92. The first kappa shape index (κ1) is 15.5. The van der Waals surface area contributed by atoms with Crippen molar-refractivity contribution in [3.8, 4) is 0 Å². The van der Waals surface area contributed by atoms with E-state index >= 15 is 0 Å². The van der Waals surface area contributed by atoms with E-state index in [1.165, 1.54) is 7.11 Å². The number of para-hydroxylation sites is 2. The van der Waals surface area contributed by atoms with Crippen molar-refractivity contribution in [1.29, 1.82) is 0 Å². The Morgan fingerprint density at radius 1 is 1.42 bits per heavy atom. The van der Waals surface area contributed by atoms with Crippen molar-refractivity contribution in [2.45, 2.75) is 19.0 Å². The molecule has 5 nitrogen and oxygen atoms in total. The van der Waals surface area contributed by atoms with E-state index in [1.54, 1.807) is 4.57 Å². The molecule has 1 unspecified atom stereocenters. The number of nitrogens with zero attached hydrogens (tertiary/aromatic N) is 2. The quantitative estimate of drug-likeness (QED) is 0.693. The van der Waals surface area contributed by atoms with Gasteiger partial charge in [0.05, 0.1) is 18.1 Å². The van der Waals surface area contributed by atoms with E-state index in [2.05, 4.69) is 9.72 Å². The molecule has 0 radical (unpaired) electrons. The normalized spacial score (nSPS) is 11.6. The van der Waals surface area contributed by atoms with Crippen molar-refractivity contribution < 1.29 is 14.1 Å². The van der Waals surface area contributed by atoms with E-state index < -0.39 is 17.1 Å². The molecule has 0 saturated heterocycles. The second-order valence-corrected chi connectivity index (χ2v) is 4.91. The highest BCUT2D eigenvalue weighted by Crippen LogP contribution is 2.18. The van der Waals surface area contributed by atoms with Crippen LogP contribution in [0.1, 0.15) is 13.8 Å². The average Bonchev–Trinajstić information content (AvgIpc) is 2.79. The fourth-order valence-corrected chi connectivity index (χ4v) is 2.66. The molecular weight excluding hydrogens is 264 g/mol. The Balaban J connectivity index is 0.000000861. The third-order valence-corrected chi connectivity index (χ3v) is 3.73. The topological polar surface area (TPSA) is 64.3 Å². The van der Waals surface area contributed by atoms with Crippen LogP contribution >= 0.6 is 0 Å². The lowest BCUT2D eigenvalue weighted by Crippen LogP contribution is -2.19. The zero-order valence-electron chi connectivity index (χ0n) is 11.6. The second kappa shape index (κ2) is 7.16. The van der Waals surface area contributed by atoms with Gasteiger partial charge in [0.15, 0.2) is 0 Å². The van der Waals surface area contributed by atoms with Crippen LogP contribution in [0.2, 0.25) is 0 Å². The number of rotatable bonds is 3. The first-order chi connectivity index (χ1) is 9.13. The number of carbonyl (C=O) groups excluding carboxylic acids is 1. The first-order valence-corrected chi connectivity index (χ1v) is 7.37. The molecule has 0 aliphatic heterocycles. The number of hydrogen-bond acceptors (Lipinski definition) is 4. The van der Waals surface area contributed by atoms with Crippen LogP contribution < -0.4 is 0 Å². The van der Waals surface area contributed by atoms with Gasteiger partial charge in [-0.15, -0.1) is 0 Å². The maximum atomic E-state index is 11.1. The molecule has 2 rings (SSSR count). The molecule has 1 N–H and O–H groups in total. The van der Waals surface area contributed by atoms with Crippen LogP contribution in [0.3, 0.4) is 0 Å². The minimum Gasteiger partial charge on any atom is -0.465 e. The van der Waals surface area contributed by atoms with Gasteiger partial charge in [-0.3, -0.25) is 4.57 Å². The van der Waals surface area contributed by atoms with Gasteiger partial charge in [-0.25, -0.2) is 4.79 Å². The Morgan fingerprint density at radius 2 is 2.05 bits per heavy atom. The summed E-state index contributed by atoms with van der Waals surface area (Å²) in [6.07, 6.45) is 0. The summed E-state index contributed by atoms with van der Waals surface area (Å²) in [6, 6.07) is 7.58. The van der Waals surface area contributed by atoms with Crippen molar-refractivity contribution in [3.63, 3.8) is 0 Å². The number of aromatic nitrogens is 2. The van der Waals surface area contributed by atoms with E-state index in [0.717, 1.165) is 11.0 Å². The largest absolute Gasteiger partial charge is 0.465 e. The molecule has 1 atom stereocenters. The Bertz CT molecular complexity index is 554. The van der Waals surface area contributed by atoms with E-state index in [0.29, 0.717) is 5.16 Å². The van der Waals surface area contributed by atoms with Gasteiger partial charge in [-0.1, -0.05) is 26.0 Å². The number of hydrogen-bond donors (Lipinski definition) is 1. The van der Waals surface area contributed by atoms with Crippen molar-refractivity contribution in [2.24, 2.45) is 7.05 Å². The lowest BCUT2D eigenvalue weighted by molar-refractivity contribution is -0.137. The van der Waals surface area contributed by atoms with Gasteiger partial charge in [-0.05, 0) is 12.1 Å². The van der Waals surface area contributed by atoms with Crippen LogP contribution in [0.25, 0.3) is 11.0 Å². The van der Waals surface area contributed by atoms with Crippen molar-refractivity contribution in [2.75, 3.05) is 12.9 Å². The Labute approximate surface area is 115 Å². The number of esters is 1. The summed E-state index contributed by atoms with van der Waals surface area (Å²) >= 11 is -1.23. The number of fused-ring (bicyclic) bond motifs is 1. The summed E-state index contributed by atoms with van der Waals surface area (Å²) in [4.78, 5) is 15.4. The molecule has 0 spiro atoms. The van der Waals surface area contributed by atoms with Crippen LogP contribution in [0.5, 0.6) is 0 Å². The predicted octanol–water partition coefficient (Wildman–Crippen LogP) is 2.22. The number of carbonyl (C=O) groups is 1. The summed E-state index contributed by atoms with van der Waals surface area (Å²) in [5.74, 6) is -0.504. The monoisotopic (exact) mass is 283 g/mol. The van der Waals surface area contributed by atoms with Gasteiger partial charge in [0.25, 0.3) is 0 Å². The minimum atomic E-state index is -1.23. The zero-order valence-corrected chi connectivity index (χ0v) is 12.4. The maximum absolute atomic E-state index is 11.1. The standard InChI is InChI=1S/C11H13N2O3S.C2H6/c1-13-9-6-4-3-5-8(9)12-11(13)17(15)7-10(14)16-2;1-2/h3-6,15H,7H2,1-2H3;1-2H3/q+1;. The van der Waals surface area contributed by atoms with Crippen LogP contribution in [0.4, 0.5) is 0 Å². The van der Waals surface area contributed by atoms with Gasteiger partial charge in [-0.2, -0.15) is 9.54 Å². The molecule has 1 aromatic heterocycles. The van der Waals surface area contributed by atoms with Crippen LogP contribution in [0.15, 0.2) is 29.4 Å². The van der Waals surface area contributed by atoms with Crippen LogP contribution in [-0.2, 0) is 27.8 Å². The molecule has 1 aromatic carbocycles. The number of methoxy groups -OCH3 is 1. The summed E-state index contributed by atoms with van der Waals surface area (Å²) < 4.78 is 16.3. The second-order valence-electron chi connectivity index (χ2n) is 3.53. The van der Waals surface area contributed by atoms with E-state index in [4.69, 9.17) is 0 Å². The summed E-state index contributed by atoms with van der Waals surface area (Å²) in [7, 11) is 3.12. The number of aryl methyl sites for hydroxylation is 1. The molecular formula is C13H19N2O3S+. The van der Waals surface area contributed by atoms with Crippen molar-refractivity contribution >= 4 is 28.2 Å². The third kappa shape index (κ3) is 3.48. The zero-order chi connectivity index (χ0) is 14.4. The Morgan fingerprint density at radius 3 is 2.63 bits per heavy atom. The van der Waals surface area contributed by atoms with Gasteiger partial charge < -0.3 is 4.74 Å². The molecule has 6 heteroatoms. The molecule has 19 heavy (non-hydrogen) atoms. The lowest BCUT2D eigenvalue weighted by Gasteiger charge is -1.98. The minimum absolute atomic E-state index is 0.0618. The van der Waals surface area contributed by atoms with E-state index in [9.17, 15) is 9.35 Å². The summed E-state index contributed by atoms with van der Waals surface area (Å²) in [5, 5.41) is 0.497. The van der Waals surface area contributed by atoms with Crippen molar-refractivity contribution in [1.82, 2.24) is 9.55 Å². The maximum Gasteiger partial charge on any atom is 0.361 e. The van der Waals surface area contributed by atoms with Gasteiger partial charge in [0, 0.05) is 7.05 Å². The molecule has 0 saturated carbocycles.